The third-order valence-electron chi connectivity index (χ3n) is 2.31. The lowest BCUT2D eigenvalue weighted by Crippen LogP contribution is -2.07. The molecule has 0 amide bonds. The first-order chi connectivity index (χ1) is 7.40. The van der Waals surface area contributed by atoms with Crippen LogP contribution in [0.5, 0.6) is 5.75 Å². The summed E-state index contributed by atoms with van der Waals surface area (Å²) in [5.41, 5.74) is 0.155. The van der Waals surface area contributed by atoms with Gasteiger partial charge in [0.05, 0.1) is 12.0 Å². The van der Waals surface area contributed by atoms with E-state index >= 15 is 0 Å². The number of hydrogen-bond acceptors (Lipinski definition) is 4. The Morgan fingerprint density at radius 3 is 2.44 bits per heavy atom. The molecule has 0 unspecified atom stereocenters. The van der Waals surface area contributed by atoms with Crippen molar-refractivity contribution in [3.05, 3.63) is 32.9 Å². The molecule has 1 aromatic carbocycles. The van der Waals surface area contributed by atoms with Crippen LogP contribution in [0.3, 0.4) is 0 Å². The minimum Gasteiger partial charge on any atom is -0.496 e. The van der Waals surface area contributed by atoms with Gasteiger partial charge in [-0.25, -0.2) is 4.79 Å². The maximum absolute atomic E-state index is 11.0. The standard InChI is InChI=1S/C10H11NO5/c1-5-4-7(11(14)15)6(2)8(10(12)13)9(5)16-3/h4H,1-3H3,(H,12,13). The second-order valence-corrected chi connectivity index (χ2v) is 3.31. The van der Waals surface area contributed by atoms with Crippen LogP contribution in [0.1, 0.15) is 21.5 Å². The van der Waals surface area contributed by atoms with Gasteiger partial charge in [-0.2, -0.15) is 0 Å². The number of carboxylic acids is 1. The molecule has 0 spiro atoms. The zero-order valence-corrected chi connectivity index (χ0v) is 9.10. The Kier molecular flexibility index (Phi) is 3.12. The van der Waals surface area contributed by atoms with E-state index in [9.17, 15) is 14.9 Å². The number of aryl methyl sites for hydroxylation is 1. The van der Waals surface area contributed by atoms with Crippen LogP contribution in [0, 0.1) is 24.0 Å². The number of nitrogens with zero attached hydrogens (tertiary/aromatic N) is 1. The first kappa shape index (κ1) is 12.0. The van der Waals surface area contributed by atoms with Gasteiger partial charge in [-0.3, -0.25) is 10.1 Å². The van der Waals surface area contributed by atoms with Gasteiger partial charge in [0.15, 0.2) is 0 Å². The molecule has 0 aromatic heterocycles. The SMILES string of the molecule is COc1c(C)cc([N+](=O)[O-])c(C)c1C(=O)O. The van der Waals surface area contributed by atoms with E-state index in [1.165, 1.54) is 20.1 Å². The molecule has 0 radical (unpaired) electrons. The zero-order chi connectivity index (χ0) is 12.5. The van der Waals surface area contributed by atoms with Crippen LogP contribution in [0.25, 0.3) is 0 Å². The highest BCUT2D eigenvalue weighted by molar-refractivity contribution is 5.94. The van der Waals surface area contributed by atoms with Crippen LogP contribution in [0.15, 0.2) is 6.07 Å². The first-order valence-electron chi connectivity index (χ1n) is 4.46. The largest absolute Gasteiger partial charge is 0.496 e. The number of methoxy groups -OCH3 is 1. The van der Waals surface area contributed by atoms with E-state index in [2.05, 4.69) is 0 Å². The lowest BCUT2D eigenvalue weighted by atomic mass is 10.0. The summed E-state index contributed by atoms with van der Waals surface area (Å²) in [4.78, 5) is 21.1. The molecular formula is C10H11NO5. The van der Waals surface area contributed by atoms with Crippen molar-refractivity contribution < 1.29 is 19.6 Å². The summed E-state index contributed by atoms with van der Waals surface area (Å²) in [6, 6.07) is 1.31. The van der Waals surface area contributed by atoms with Crippen molar-refractivity contribution >= 4 is 11.7 Å². The molecule has 0 fully saturated rings. The van der Waals surface area contributed by atoms with Crippen molar-refractivity contribution in [3.8, 4) is 5.75 Å². The minimum atomic E-state index is -1.24. The number of carbonyl (C=O) groups is 1. The lowest BCUT2D eigenvalue weighted by Gasteiger charge is -2.11. The van der Waals surface area contributed by atoms with Crippen molar-refractivity contribution in [1.29, 1.82) is 0 Å². The van der Waals surface area contributed by atoms with Gasteiger partial charge in [0.1, 0.15) is 11.3 Å². The van der Waals surface area contributed by atoms with E-state index in [-0.39, 0.29) is 22.6 Å². The summed E-state index contributed by atoms with van der Waals surface area (Å²) in [5.74, 6) is -1.07. The van der Waals surface area contributed by atoms with Gasteiger partial charge in [0.25, 0.3) is 5.69 Å². The van der Waals surface area contributed by atoms with E-state index in [0.717, 1.165) is 0 Å². The molecular weight excluding hydrogens is 214 g/mol. The average Bonchev–Trinajstić information content (AvgIpc) is 2.19. The summed E-state index contributed by atoms with van der Waals surface area (Å²) in [6.07, 6.45) is 0. The highest BCUT2D eigenvalue weighted by Gasteiger charge is 2.24. The maximum atomic E-state index is 11.0. The Bertz CT molecular complexity index is 467. The first-order valence-corrected chi connectivity index (χ1v) is 4.46. The number of hydrogen-bond donors (Lipinski definition) is 1. The molecule has 0 aliphatic carbocycles. The molecule has 0 saturated carbocycles. The van der Waals surface area contributed by atoms with Crippen molar-refractivity contribution in [3.63, 3.8) is 0 Å². The molecule has 0 aliphatic rings. The van der Waals surface area contributed by atoms with Gasteiger partial charge in [0.2, 0.25) is 0 Å². The molecule has 1 N–H and O–H groups in total. The third kappa shape index (κ3) is 1.81. The topological polar surface area (TPSA) is 89.7 Å². The van der Waals surface area contributed by atoms with Gasteiger partial charge < -0.3 is 9.84 Å². The predicted octanol–water partition coefficient (Wildman–Crippen LogP) is 1.92. The van der Waals surface area contributed by atoms with Gasteiger partial charge in [-0.1, -0.05) is 0 Å². The number of carboxylic acid groups (broad SMARTS) is 1. The minimum absolute atomic E-state index is 0.0972. The van der Waals surface area contributed by atoms with E-state index in [1.807, 2.05) is 0 Å². The van der Waals surface area contributed by atoms with Crippen LogP contribution >= 0.6 is 0 Å². The number of nitro benzene ring substituents is 1. The number of benzene rings is 1. The molecule has 1 rings (SSSR count). The molecule has 6 heteroatoms. The number of rotatable bonds is 3. The molecule has 0 aliphatic heterocycles. The molecule has 1 aromatic rings. The van der Waals surface area contributed by atoms with Crippen LogP contribution in [-0.2, 0) is 0 Å². The number of nitro groups is 1. The van der Waals surface area contributed by atoms with Gasteiger partial charge in [0, 0.05) is 11.6 Å². The van der Waals surface area contributed by atoms with Crippen LogP contribution < -0.4 is 4.74 Å². The molecule has 0 heterocycles. The van der Waals surface area contributed by atoms with Crippen LogP contribution in [-0.4, -0.2) is 23.1 Å². The number of ether oxygens (including phenoxy) is 1. The van der Waals surface area contributed by atoms with Gasteiger partial charge in [-0.15, -0.1) is 0 Å². The quantitative estimate of drug-likeness (QED) is 0.626. The second kappa shape index (κ2) is 4.18. The summed E-state index contributed by atoms with van der Waals surface area (Å²) in [6.45, 7) is 2.96. The summed E-state index contributed by atoms with van der Waals surface area (Å²) in [5, 5.41) is 19.7. The maximum Gasteiger partial charge on any atom is 0.340 e. The van der Waals surface area contributed by atoms with Gasteiger partial charge >= 0.3 is 5.97 Å². The molecule has 86 valence electrons. The summed E-state index contributed by atoms with van der Waals surface area (Å²) in [7, 11) is 1.33. The van der Waals surface area contributed by atoms with Crippen LogP contribution in [0.2, 0.25) is 0 Å². The fourth-order valence-electron chi connectivity index (χ4n) is 1.58. The Labute approximate surface area is 91.6 Å². The fourth-order valence-corrected chi connectivity index (χ4v) is 1.58. The normalized spacial score (nSPS) is 9.94. The molecule has 0 saturated heterocycles. The molecule has 16 heavy (non-hydrogen) atoms. The highest BCUT2D eigenvalue weighted by atomic mass is 16.6. The summed E-state index contributed by atoms with van der Waals surface area (Å²) < 4.78 is 4.95. The van der Waals surface area contributed by atoms with Crippen molar-refractivity contribution in [2.45, 2.75) is 13.8 Å². The fraction of sp³-hybridized carbons (Fsp3) is 0.300. The van der Waals surface area contributed by atoms with Gasteiger partial charge in [-0.05, 0) is 19.4 Å². The van der Waals surface area contributed by atoms with E-state index in [0.29, 0.717) is 5.56 Å². The highest BCUT2D eigenvalue weighted by Crippen LogP contribution is 2.33. The van der Waals surface area contributed by atoms with Crippen molar-refractivity contribution in [2.24, 2.45) is 0 Å². The average molecular weight is 225 g/mol. The van der Waals surface area contributed by atoms with Crippen molar-refractivity contribution in [2.75, 3.05) is 7.11 Å². The zero-order valence-electron chi connectivity index (χ0n) is 9.10. The van der Waals surface area contributed by atoms with Crippen molar-refractivity contribution in [1.82, 2.24) is 0 Å². The second-order valence-electron chi connectivity index (χ2n) is 3.31. The Morgan fingerprint density at radius 2 is 2.06 bits per heavy atom. The Morgan fingerprint density at radius 1 is 1.50 bits per heavy atom. The molecule has 0 atom stereocenters. The van der Waals surface area contributed by atoms with E-state index in [1.54, 1.807) is 6.92 Å². The predicted molar refractivity (Wildman–Crippen MR) is 56.1 cm³/mol. The monoisotopic (exact) mass is 225 g/mol. The van der Waals surface area contributed by atoms with E-state index < -0.39 is 10.9 Å². The summed E-state index contributed by atoms with van der Waals surface area (Å²) >= 11 is 0. The lowest BCUT2D eigenvalue weighted by molar-refractivity contribution is -0.385. The number of aromatic carboxylic acids is 1. The smallest absolute Gasteiger partial charge is 0.340 e. The Balaban J connectivity index is 3.65. The van der Waals surface area contributed by atoms with E-state index in [4.69, 9.17) is 9.84 Å². The van der Waals surface area contributed by atoms with Crippen LogP contribution in [0.4, 0.5) is 5.69 Å². The Hall–Kier alpha value is -2.11. The third-order valence-corrected chi connectivity index (χ3v) is 2.31. The molecule has 6 nitrogen and oxygen atoms in total. The molecule has 0 bridgehead atoms.